The number of phenolic OH excluding ortho intramolecular Hbond substituents is 1. The molecule has 0 unspecified atom stereocenters. The van der Waals surface area contributed by atoms with Crippen LogP contribution in [0.2, 0.25) is 0 Å². The van der Waals surface area contributed by atoms with Gasteiger partial charge in [-0.2, -0.15) is 0 Å². The summed E-state index contributed by atoms with van der Waals surface area (Å²) in [5, 5.41) is 16.7. The number of fused-ring (bicyclic) bond motifs is 2. The lowest BCUT2D eigenvalue weighted by molar-refractivity contribution is 0.415. The van der Waals surface area contributed by atoms with Gasteiger partial charge in [0.2, 0.25) is 0 Å². The number of benzene rings is 4. The predicted octanol–water partition coefficient (Wildman–Crippen LogP) is 7.15. The molecule has 0 aliphatic rings. The number of ether oxygens (including phenoxy) is 1. The van der Waals surface area contributed by atoms with Crippen molar-refractivity contribution in [2.75, 3.05) is 12.4 Å². The topological polar surface area (TPSA) is 58.8 Å². The van der Waals surface area contributed by atoms with Crippen LogP contribution in [0.3, 0.4) is 0 Å². The molecular weight excluding hydrogens is 446 g/mol. The molecule has 5 heteroatoms. The third kappa shape index (κ3) is 3.81. The second kappa shape index (κ2) is 9.12. The quantitative estimate of drug-likeness (QED) is 0.271. The van der Waals surface area contributed by atoms with Crippen LogP contribution in [0.1, 0.15) is 5.56 Å². The lowest BCUT2D eigenvalue weighted by atomic mass is 10.0. The first kappa shape index (κ1) is 21.7. The third-order valence-corrected chi connectivity index (χ3v) is 6.47. The number of rotatable bonds is 6. The van der Waals surface area contributed by atoms with Gasteiger partial charge >= 0.3 is 0 Å². The number of nitrogens with zero attached hydrogens (tertiary/aromatic N) is 2. The summed E-state index contributed by atoms with van der Waals surface area (Å²) in [6.07, 6.45) is 0. The highest BCUT2D eigenvalue weighted by atomic mass is 16.5. The molecule has 5 nitrogen and oxygen atoms in total. The number of anilines is 1. The summed E-state index contributed by atoms with van der Waals surface area (Å²) in [6, 6.07) is 36.0. The van der Waals surface area contributed by atoms with Crippen LogP contribution in [0, 0.1) is 0 Å². The van der Waals surface area contributed by atoms with Crippen LogP contribution in [-0.2, 0) is 6.54 Å². The smallest absolute Gasteiger partial charge is 0.139 e. The fraction of sp³-hybridized carbons (Fsp3) is 0.0645. The standard InChI is InChI=1S/C31H25N3O2/c1-36-24-17-14-23(15-18-24)30-31(32-20-21-8-3-2-4-9-21)34-26(12-7-13-28(34)33-30)29-25-11-6-5-10-22(25)16-19-27(29)35/h2-19,32,35H,20H2,1H3. The van der Waals surface area contributed by atoms with Crippen molar-refractivity contribution in [3.8, 4) is 34.0 Å². The Bertz CT molecular complexity index is 1670. The highest BCUT2D eigenvalue weighted by molar-refractivity contribution is 5.99. The molecule has 6 aromatic rings. The van der Waals surface area contributed by atoms with Crippen LogP contribution in [0.15, 0.2) is 109 Å². The molecular formula is C31H25N3O2. The second-order valence-corrected chi connectivity index (χ2v) is 8.66. The number of pyridine rings is 1. The van der Waals surface area contributed by atoms with E-state index >= 15 is 0 Å². The van der Waals surface area contributed by atoms with Crippen molar-refractivity contribution >= 4 is 22.2 Å². The Hall–Kier alpha value is -4.77. The maximum absolute atomic E-state index is 11.0. The molecule has 0 saturated heterocycles. The van der Waals surface area contributed by atoms with Crippen LogP contribution in [0.25, 0.3) is 38.9 Å². The number of imidazole rings is 1. The average molecular weight is 472 g/mol. The second-order valence-electron chi connectivity index (χ2n) is 8.66. The molecule has 0 saturated carbocycles. The molecule has 6 rings (SSSR count). The first-order chi connectivity index (χ1) is 17.7. The van der Waals surface area contributed by atoms with Gasteiger partial charge in [0.25, 0.3) is 0 Å². The van der Waals surface area contributed by atoms with Crippen molar-refractivity contribution in [1.82, 2.24) is 9.38 Å². The minimum Gasteiger partial charge on any atom is -0.507 e. The highest BCUT2D eigenvalue weighted by Crippen LogP contribution is 2.40. The van der Waals surface area contributed by atoms with Crippen LogP contribution in [-0.4, -0.2) is 21.6 Å². The Balaban J connectivity index is 1.60. The van der Waals surface area contributed by atoms with Crippen LogP contribution in [0.4, 0.5) is 5.82 Å². The number of aromatic nitrogens is 2. The lowest BCUT2D eigenvalue weighted by Gasteiger charge is -2.15. The molecule has 0 amide bonds. The largest absolute Gasteiger partial charge is 0.507 e. The maximum atomic E-state index is 11.0. The van der Waals surface area contributed by atoms with Gasteiger partial charge in [0.1, 0.15) is 28.7 Å². The first-order valence-electron chi connectivity index (χ1n) is 11.9. The summed E-state index contributed by atoms with van der Waals surface area (Å²) >= 11 is 0. The first-order valence-corrected chi connectivity index (χ1v) is 11.9. The fourth-order valence-electron chi connectivity index (χ4n) is 4.71. The number of nitrogens with one attached hydrogen (secondary N) is 1. The van der Waals surface area contributed by atoms with E-state index in [9.17, 15) is 5.11 Å². The van der Waals surface area contributed by atoms with Gasteiger partial charge in [-0.05, 0) is 58.8 Å². The van der Waals surface area contributed by atoms with Crippen molar-refractivity contribution in [1.29, 1.82) is 0 Å². The van der Waals surface area contributed by atoms with E-state index in [2.05, 4.69) is 27.9 Å². The Kier molecular flexibility index (Phi) is 5.51. The van der Waals surface area contributed by atoms with Crippen molar-refractivity contribution < 1.29 is 9.84 Å². The molecule has 4 aromatic carbocycles. The number of hydrogen-bond donors (Lipinski definition) is 2. The van der Waals surface area contributed by atoms with Crippen LogP contribution in [0.5, 0.6) is 11.5 Å². The Labute approximate surface area is 209 Å². The van der Waals surface area contributed by atoms with E-state index in [0.717, 1.165) is 50.5 Å². The molecule has 2 aromatic heterocycles. The molecule has 0 radical (unpaired) electrons. The van der Waals surface area contributed by atoms with E-state index in [1.165, 1.54) is 5.56 Å². The average Bonchev–Trinajstić information content (AvgIpc) is 3.31. The Morgan fingerprint density at radius 2 is 1.58 bits per heavy atom. The van der Waals surface area contributed by atoms with E-state index in [0.29, 0.717) is 6.54 Å². The maximum Gasteiger partial charge on any atom is 0.139 e. The zero-order chi connectivity index (χ0) is 24.5. The highest BCUT2D eigenvalue weighted by Gasteiger charge is 2.20. The predicted molar refractivity (Wildman–Crippen MR) is 146 cm³/mol. The normalized spacial score (nSPS) is 11.1. The van der Waals surface area contributed by atoms with E-state index < -0.39 is 0 Å². The molecule has 0 atom stereocenters. The fourth-order valence-corrected chi connectivity index (χ4v) is 4.71. The summed E-state index contributed by atoms with van der Waals surface area (Å²) < 4.78 is 7.46. The van der Waals surface area contributed by atoms with Crippen molar-refractivity contribution in [3.63, 3.8) is 0 Å². The molecule has 2 heterocycles. The Morgan fingerprint density at radius 3 is 2.39 bits per heavy atom. The van der Waals surface area contributed by atoms with Crippen molar-refractivity contribution in [2.45, 2.75) is 6.54 Å². The molecule has 0 bridgehead atoms. The van der Waals surface area contributed by atoms with Gasteiger partial charge in [-0.15, -0.1) is 0 Å². The van der Waals surface area contributed by atoms with Gasteiger partial charge in [-0.25, -0.2) is 4.98 Å². The van der Waals surface area contributed by atoms with Crippen LogP contribution < -0.4 is 10.1 Å². The van der Waals surface area contributed by atoms with Gasteiger partial charge in [0.05, 0.1) is 12.8 Å². The summed E-state index contributed by atoms with van der Waals surface area (Å²) in [6.45, 7) is 0.633. The van der Waals surface area contributed by atoms with Gasteiger partial charge < -0.3 is 15.2 Å². The third-order valence-electron chi connectivity index (χ3n) is 6.47. The minimum atomic E-state index is 0.231. The van der Waals surface area contributed by atoms with Crippen LogP contribution >= 0.6 is 0 Å². The number of hydrogen-bond acceptors (Lipinski definition) is 4. The van der Waals surface area contributed by atoms with E-state index in [1.54, 1.807) is 13.2 Å². The SMILES string of the molecule is COc1ccc(-c2nc3cccc(-c4c(O)ccc5ccccc45)n3c2NCc2ccccc2)cc1. The Morgan fingerprint density at radius 1 is 0.806 bits per heavy atom. The molecule has 0 aliphatic carbocycles. The van der Waals surface area contributed by atoms with E-state index in [-0.39, 0.29) is 5.75 Å². The zero-order valence-corrected chi connectivity index (χ0v) is 19.8. The molecule has 0 aliphatic heterocycles. The molecule has 2 N–H and O–H groups in total. The number of methoxy groups -OCH3 is 1. The van der Waals surface area contributed by atoms with Crippen molar-refractivity contribution in [3.05, 3.63) is 115 Å². The van der Waals surface area contributed by atoms with Gasteiger partial charge in [0, 0.05) is 17.7 Å². The van der Waals surface area contributed by atoms with Crippen molar-refractivity contribution in [2.24, 2.45) is 0 Å². The van der Waals surface area contributed by atoms with Gasteiger partial charge in [-0.3, -0.25) is 4.40 Å². The molecule has 0 spiro atoms. The number of aromatic hydroxyl groups is 1. The number of phenols is 1. The molecule has 176 valence electrons. The summed E-state index contributed by atoms with van der Waals surface area (Å²) in [5.74, 6) is 1.89. The molecule has 0 fully saturated rings. The lowest BCUT2D eigenvalue weighted by Crippen LogP contribution is -2.05. The summed E-state index contributed by atoms with van der Waals surface area (Å²) in [7, 11) is 1.66. The van der Waals surface area contributed by atoms with Gasteiger partial charge in [0.15, 0.2) is 0 Å². The summed E-state index contributed by atoms with van der Waals surface area (Å²) in [5.41, 5.74) is 5.41. The van der Waals surface area contributed by atoms with E-state index in [1.807, 2.05) is 84.9 Å². The minimum absolute atomic E-state index is 0.231. The summed E-state index contributed by atoms with van der Waals surface area (Å²) in [4.78, 5) is 5.02. The van der Waals surface area contributed by atoms with E-state index in [4.69, 9.17) is 9.72 Å². The van der Waals surface area contributed by atoms with Gasteiger partial charge in [-0.1, -0.05) is 66.7 Å². The molecule has 36 heavy (non-hydrogen) atoms. The zero-order valence-electron chi connectivity index (χ0n) is 19.8. The monoisotopic (exact) mass is 471 g/mol.